The molecule has 0 fully saturated rings. The van der Waals surface area contributed by atoms with Gasteiger partial charge in [0.1, 0.15) is 18.4 Å². The van der Waals surface area contributed by atoms with Gasteiger partial charge in [-0.1, -0.05) is 56.3 Å². The van der Waals surface area contributed by atoms with Crippen molar-refractivity contribution in [2.24, 2.45) is 5.92 Å². The van der Waals surface area contributed by atoms with E-state index in [1.807, 2.05) is 68.4 Å². The van der Waals surface area contributed by atoms with Crippen LogP contribution in [0.25, 0.3) is 0 Å². The van der Waals surface area contributed by atoms with Gasteiger partial charge in [-0.2, -0.15) is 0 Å². The van der Waals surface area contributed by atoms with E-state index in [0.717, 1.165) is 16.9 Å². The molecule has 0 saturated heterocycles. The SMILES string of the molecule is COc1ccc(CNC(=O)[C@@H](NC(=O)OCc2ccccc2)C(C)C)cc1. The van der Waals surface area contributed by atoms with Crippen LogP contribution in [0.15, 0.2) is 54.6 Å². The monoisotopic (exact) mass is 370 g/mol. The highest BCUT2D eigenvalue weighted by Gasteiger charge is 2.24. The van der Waals surface area contributed by atoms with E-state index in [0.29, 0.717) is 6.54 Å². The molecular formula is C21H26N2O4. The van der Waals surface area contributed by atoms with Crippen LogP contribution in [0.1, 0.15) is 25.0 Å². The number of carbonyl (C=O) groups is 2. The third-order valence-electron chi connectivity index (χ3n) is 4.06. The van der Waals surface area contributed by atoms with Crippen molar-refractivity contribution in [3.63, 3.8) is 0 Å². The van der Waals surface area contributed by atoms with Crippen molar-refractivity contribution in [3.05, 3.63) is 65.7 Å². The molecule has 0 aliphatic heterocycles. The summed E-state index contributed by atoms with van der Waals surface area (Å²) in [5.74, 6) is 0.426. The minimum atomic E-state index is -0.675. The van der Waals surface area contributed by atoms with Gasteiger partial charge in [-0.3, -0.25) is 4.79 Å². The van der Waals surface area contributed by atoms with E-state index in [4.69, 9.17) is 9.47 Å². The van der Waals surface area contributed by atoms with E-state index in [1.54, 1.807) is 7.11 Å². The van der Waals surface area contributed by atoms with E-state index < -0.39 is 12.1 Å². The number of hydrogen-bond donors (Lipinski definition) is 2. The van der Waals surface area contributed by atoms with Crippen molar-refractivity contribution in [1.29, 1.82) is 0 Å². The normalized spacial score (nSPS) is 11.6. The van der Waals surface area contributed by atoms with Crippen molar-refractivity contribution in [2.75, 3.05) is 7.11 Å². The molecule has 2 N–H and O–H groups in total. The Kier molecular flexibility index (Phi) is 7.67. The first-order chi connectivity index (χ1) is 13.0. The van der Waals surface area contributed by atoms with Gasteiger partial charge in [0.25, 0.3) is 0 Å². The van der Waals surface area contributed by atoms with E-state index in [9.17, 15) is 9.59 Å². The van der Waals surface area contributed by atoms with E-state index in [2.05, 4.69) is 10.6 Å². The summed E-state index contributed by atoms with van der Waals surface area (Å²) in [5, 5.41) is 5.49. The molecule has 0 bridgehead atoms. The number of methoxy groups -OCH3 is 1. The molecule has 0 radical (unpaired) electrons. The second-order valence-corrected chi connectivity index (χ2v) is 6.49. The zero-order valence-corrected chi connectivity index (χ0v) is 15.9. The number of alkyl carbamates (subject to hydrolysis) is 1. The van der Waals surface area contributed by atoms with Crippen LogP contribution < -0.4 is 15.4 Å². The largest absolute Gasteiger partial charge is 0.497 e. The second kappa shape index (κ2) is 10.2. The van der Waals surface area contributed by atoms with Crippen LogP contribution in [0.2, 0.25) is 0 Å². The molecule has 2 rings (SSSR count). The van der Waals surface area contributed by atoms with Crippen LogP contribution in [0.3, 0.4) is 0 Å². The highest BCUT2D eigenvalue weighted by Crippen LogP contribution is 2.11. The van der Waals surface area contributed by atoms with E-state index in [1.165, 1.54) is 0 Å². The number of amides is 2. The van der Waals surface area contributed by atoms with Gasteiger partial charge >= 0.3 is 6.09 Å². The van der Waals surface area contributed by atoms with Gasteiger partial charge in [0.15, 0.2) is 0 Å². The van der Waals surface area contributed by atoms with Gasteiger partial charge in [-0.15, -0.1) is 0 Å². The van der Waals surface area contributed by atoms with Crippen LogP contribution in [0.4, 0.5) is 4.79 Å². The van der Waals surface area contributed by atoms with Gasteiger partial charge in [0, 0.05) is 6.54 Å². The molecule has 0 aromatic heterocycles. The molecule has 2 aromatic rings. The minimum absolute atomic E-state index is 0.0786. The fourth-order valence-corrected chi connectivity index (χ4v) is 2.47. The smallest absolute Gasteiger partial charge is 0.408 e. The average molecular weight is 370 g/mol. The number of nitrogens with one attached hydrogen (secondary N) is 2. The number of hydrogen-bond acceptors (Lipinski definition) is 4. The Morgan fingerprint density at radius 1 is 0.963 bits per heavy atom. The molecule has 2 amide bonds. The standard InChI is InChI=1S/C21H26N2O4/c1-15(2)19(23-21(25)27-14-17-7-5-4-6-8-17)20(24)22-13-16-9-11-18(26-3)12-10-16/h4-12,15,19H,13-14H2,1-3H3,(H,22,24)(H,23,25)/t19-/m0/s1. The summed E-state index contributed by atoms with van der Waals surface area (Å²) < 4.78 is 10.3. The molecular weight excluding hydrogens is 344 g/mol. The van der Waals surface area contributed by atoms with Crippen LogP contribution in [-0.4, -0.2) is 25.2 Å². The predicted octanol–water partition coefficient (Wildman–Crippen LogP) is 3.26. The Morgan fingerprint density at radius 2 is 1.63 bits per heavy atom. The first-order valence-electron chi connectivity index (χ1n) is 8.87. The second-order valence-electron chi connectivity index (χ2n) is 6.49. The maximum atomic E-state index is 12.5. The summed E-state index contributed by atoms with van der Waals surface area (Å²) in [6, 6.07) is 16.1. The topological polar surface area (TPSA) is 76.7 Å². The maximum Gasteiger partial charge on any atom is 0.408 e. The summed E-state index contributed by atoms with van der Waals surface area (Å²) in [6.45, 7) is 4.27. The summed E-state index contributed by atoms with van der Waals surface area (Å²) in [4.78, 5) is 24.5. The first-order valence-corrected chi connectivity index (χ1v) is 8.87. The lowest BCUT2D eigenvalue weighted by atomic mass is 10.0. The Hall–Kier alpha value is -3.02. The lowest BCUT2D eigenvalue weighted by Gasteiger charge is -2.21. The summed E-state index contributed by atoms with van der Waals surface area (Å²) in [6.07, 6.45) is -0.614. The number of ether oxygens (including phenoxy) is 2. The zero-order chi connectivity index (χ0) is 19.6. The van der Waals surface area contributed by atoms with Crippen LogP contribution in [0.5, 0.6) is 5.75 Å². The van der Waals surface area contributed by atoms with Crippen LogP contribution in [-0.2, 0) is 22.7 Å². The van der Waals surface area contributed by atoms with Gasteiger partial charge < -0.3 is 20.1 Å². The number of carbonyl (C=O) groups excluding carboxylic acids is 2. The van der Waals surface area contributed by atoms with E-state index in [-0.39, 0.29) is 18.4 Å². The minimum Gasteiger partial charge on any atom is -0.497 e. The molecule has 6 nitrogen and oxygen atoms in total. The van der Waals surface area contributed by atoms with Gasteiger partial charge in [-0.05, 0) is 29.2 Å². The number of benzene rings is 2. The Balaban J connectivity index is 1.85. The van der Waals surface area contributed by atoms with Crippen molar-refractivity contribution >= 4 is 12.0 Å². The first kappa shape index (κ1) is 20.3. The molecule has 0 aliphatic rings. The lowest BCUT2D eigenvalue weighted by molar-refractivity contribution is -0.124. The molecule has 6 heteroatoms. The fourth-order valence-electron chi connectivity index (χ4n) is 2.47. The Morgan fingerprint density at radius 3 is 2.22 bits per heavy atom. The Labute approximate surface area is 159 Å². The molecule has 0 spiro atoms. The van der Waals surface area contributed by atoms with Crippen LogP contribution in [0, 0.1) is 5.92 Å². The quantitative estimate of drug-likeness (QED) is 0.748. The summed E-state index contributed by atoms with van der Waals surface area (Å²) in [5.41, 5.74) is 1.83. The molecule has 0 aliphatic carbocycles. The third-order valence-corrected chi connectivity index (χ3v) is 4.06. The number of rotatable bonds is 8. The average Bonchev–Trinajstić information content (AvgIpc) is 2.69. The van der Waals surface area contributed by atoms with E-state index >= 15 is 0 Å². The van der Waals surface area contributed by atoms with Crippen molar-refractivity contribution in [1.82, 2.24) is 10.6 Å². The van der Waals surface area contributed by atoms with Crippen molar-refractivity contribution in [3.8, 4) is 5.75 Å². The van der Waals surface area contributed by atoms with Crippen molar-refractivity contribution in [2.45, 2.75) is 33.0 Å². The third kappa shape index (κ3) is 6.66. The van der Waals surface area contributed by atoms with Crippen LogP contribution >= 0.6 is 0 Å². The predicted molar refractivity (Wildman–Crippen MR) is 103 cm³/mol. The Bertz CT molecular complexity index is 730. The molecule has 2 aromatic carbocycles. The zero-order valence-electron chi connectivity index (χ0n) is 15.9. The molecule has 1 atom stereocenters. The van der Waals surface area contributed by atoms with Crippen molar-refractivity contribution < 1.29 is 19.1 Å². The fraction of sp³-hybridized carbons (Fsp3) is 0.333. The summed E-state index contributed by atoms with van der Waals surface area (Å²) in [7, 11) is 1.60. The lowest BCUT2D eigenvalue weighted by Crippen LogP contribution is -2.49. The van der Waals surface area contributed by atoms with Gasteiger partial charge in [0.2, 0.25) is 5.91 Å². The molecule has 0 heterocycles. The highest BCUT2D eigenvalue weighted by atomic mass is 16.5. The highest BCUT2D eigenvalue weighted by molar-refractivity contribution is 5.85. The molecule has 27 heavy (non-hydrogen) atoms. The molecule has 0 saturated carbocycles. The maximum absolute atomic E-state index is 12.5. The molecule has 0 unspecified atom stereocenters. The van der Waals surface area contributed by atoms with Gasteiger partial charge in [0.05, 0.1) is 7.11 Å². The van der Waals surface area contributed by atoms with Gasteiger partial charge in [-0.25, -0.2) is 4.79 Å². The molecule has 144 valence electrons. The summed E-state index contributed by atoms with van der Waals surface area (Å²) >= 11 is 0.